The van der Waals surface area contributed by atoms with Gasteiger partial charge in [0.1, 0.15) is 0 Å². The summed E-state index contributed by atoms with van der Waals surface area (Å²) >= 11 is 1.62. The highest BCUT2D eigenvalue weighted by atomic mass is 32.2. The molecule has 1 heterocycles. The molecule has 4 heteroatoms. The highest BCUT2D eigenvalue weighted by molar-refractivity contribution is 8.13. The first-order valence-electron chi connectivity index (χ1n) is 3.94. The molecular weight excluding hydrogens is 182 g/mol. The summed E-state index contributed by atoms with van der Waals surface area (Å²) in [6.07, 6.45) is 5.50. The second-order valence-corrected chi connectivity index (χ2v) is 3.48. The monoisotopic (exact) mass is 195 g/mol. The van der Waals surface area contributed by atoms with Crippen LogP contribution in [0.5, 0.6) is 0 Å². The number of aromatic nitrogens is 1. The number of aliphatic imine (C=N–C) groups is 1. The second kappa shape index (κ2) is 4.87. The number of pyridine rings is 1. The normalized spacial score (nSPS) is 11.5. The summed E-state index contributed by atoms with van der Waals surface area (Å²) in [7, 11) is 3.96. The number of thioether (sulfide) groups is 1. The Morgan fingerprint density at radius 3 is 2.77 bits per heavy atom. The molecular formula is C9H13N3S. The fourth-order valence-corrected chi connectivity index (χ4v) is 1.42. The molecule has 13 heavy (non-hydrogen) atoms. The molecule has 1 rings (SSSR count). The zero-order valence-electron chi connectivity index (χ0n) is 8.06. The van der Waals surface area contributed by atoms with Crippen LogP contribution in [0, 0.1) is 0 Å². The molecule has 0 saturated heterocycles. The smallest absolute Gasteiger partial charge is 0.163 e. The molecule has 0 N–H and O–H groups in total. The Kier molecular flexibility index (Phi) is 3.76. The van der Waals surface area contributed by atoms with Gasteiger partial charge in [-0.3, -0.25) is 4.98 Å². The number of hydrogen-bond acceptors (Lipinski definition) is 3. The van der Waals surface area contributed by atoms with E-state index in [1.165, 1.54) is 0 Å². The van der Waals surface area contributed by atoms with Crippen molar-refractivity contribution in [3.8, 4) is 0 Å². The lowest BCUT2D eigenvalue weighted by Crippen LogP contribution is -2.17. The molecule has 0 atom stereocenters. The maximum Gasteiger partial charge on any atom is 0.163 e. The van der Waals surface area contributed by atoms with Gasteiger partial charge in [0.25, 0.3) is 0 Å². The van der Waals surface area contributed by atoms with Crippen LogP contribution >= 0.6 is 11.8 Å². The lowest BCUT2D eigenvalue weighted by atomic mass is 10.4. The summed E-state index contributed by atoms with van der Waals surface area (Å²) in [6, 6.07) is 3.82. The van der Waals surface area contributed by atoms with Crippen molar-refractivity contribution >= 4 is 22.6 Å². The summed E-state index contributed by atoms with van der Waals surface area (Å²) in [4.78, 5) is 10.4. The highest BCUT2D eigenvalue weighted by Gasteiger charge is 1.98. The molecule has 0 aliphatic carbocycles. The van der Waals surface area contributed by atoms with E-state index in [2.05, 4.69) is 9.98 Å². The van der Waals surface area contributed by atoms with Gasteiger partial charge >= 0.3 is 0 Å². The Morgan fingerprint density at radius 1 is 1.54 bits per heavy atom. The van der Waals surface area contributed by atoms with Crippen molar-refractivity contribution in [1.82, 2.24) is 9.88 Å². The van der Waals surface area contributed by atoms with Crippen LogP contribution in [0.25, 0.3) is 0 Å². The van der Waals surface area contributed by atoms with Crippen molar-refractivity contribution in [3.05, 3.63) is 24.5 Å². The fourth-order valence-electron chi connectivity index (χ4n) is 0.859. The summed E-state index contributed by atoms with van der Waals surface area (Å²) in [6.45, 7) is 0. The quantitative estimate of drug-likeness (QED) is 0.507. The zero-order valence-corrected chi connectivity index (χ0v) is 8.88. The van der Waals surface area contributed by atoms with Gasteiger partial charge in [0.15, 0.2) is 5.17 Å². The molecule has 0 unspecified atom stereocenters. The van der Waals surface area contributed by atoms with Gasteiger partial charge in [0, 0.05) is 20.3 Å². The van der Waals surface area contributed by atoms with E-state index in [-0.39, 0.29) is 0 Å². The minimum Gasteiger partial charge on any atom is -0.357 e. The first-order chi connectivity index (χ1) is 6.24. The van der Waals surface area contributed by atoms with Gasteiger partial charge in [-0.2, -0.15) is 0 Å². The molecule has 0 aliphatic rings. The molecule has 0 aromatic carbocycles. The maximum atomic E-state index is 4.42. The Morgan fingerprint density at radius 2 is 2.31 bits per heavy atom. The van der Waals surface area contributed by atoms with E-state index in [1.807, 2.05) is 37.4 Å². The van der Waals surface area contributed by atoms with Crippen LogP contribution in [0.2, 0.25) is 0 Å². The lowest BCUT2D eigenvalue weighted by molar-refractivity contribution is 0.637. The Bertz CT molecular complexity index is 282. The van der Waals surface area contributed by atoms with Crippen LogP contribution in [0.15, 0.2) is 29.5 Å². The van der Waals surface area contributed by atoms with E-state index in [0.29, 0.717) is 0 Å². The summed E-state index contributed by atoms with van der Waals surface area (Å²) in [5, 5.41) is 0.980. The number of rotatable bonds is 1. The largest absolute Gasteiger partial charge is 0.357 e. The summed E-state index contributed by atoms with van der Waals surface area (Å²) in [5.74, 6) is 0. The van der Waals surface area contributed by atoms with E-state index >= 15 is 0 Å². The van der Waals surface area contributed by atoms with Gasteiger partial charge in [0.2, 0.25) is 0 Å². The van der Waals surface area contributed by atoms with Crippen LogP contribution in [-0.2, 0) is 0 Å². The van der Waals surface area contributed by atoms with Crippen molar-refractivity contribution in [2.45, 2.75) is 0 Å². The third-order valence-electron chi connectivity index (χ3n) is 1.44. The van der Waals surface area contributed by atoms with Crippen LogP contribution in [0.3, 0.4) is 0 Å². The Labute approximate surface area is 82.9 Å². The van der Waals surface area contributed by atoms with E-state index in [4.69, 9.17) is 0 Å². The topological polar surface area (TPSA) is 28.5 Å². The van der Waals surface area contributed by atoms with E-state index in [9.17, 15) is 0 Å². The Balaban J connectivity index is 2.85. The van der Waals surface area contributed by atoms with E-state index < -0.39 is 0 Å². The molecule has 0 saturated carbocycles. The highest BCUT2D eigenvalue weighted by Crippen LogP contribution is 2.12. The van der Waals surface area contributed by atoms with Crippen LogP contribution in [-0.4, -0.2) is 35.4 Å². The molecule has 1 aromatic heterocycles. The Hall–Kier alpha value is -1.03. The van der Waals surface area contributed by atoms with Crippen LogP contribution in [0.4, 0.5) is 5.69 Å². The minimum atomic E-state index is 0.889. The predicted molar refractivity (Wildman–Crippen MR) is 58.5 cm³/mol. The van der Waals surface area contributed by atoms with Gasteiger partial charge < -0.3 is 4.90 Å². The van der Waals surface area contributed by atoms with Crippen molar-refractivity contribution < 1.29 is 0 Å². The van der Waals surface area contributed by atoms with Gasteiger partial charge in [-0.05, 0) is 18.4 Å². The minimum absolute atomic E-state index is 0.889. The standard InChI is InChI=1S/C9H13N3S/c1-12(2)9(13-3)11-8-5-4-6-10-7-8/h4-7H,1-3H3. The van der Waals surface area contributed by atoms with Crippen LogP contribution < -0.4 is 0 Å². The average molecular weight is 195 g/mol. The number of hydrogen-bond donors (Lipinski definition) is 0. The van der Waals surface area contributed by atoms with E-state index in [1.54, 1.807) is 24.2 Å². The van der Waals surface area contributed by atoms with Crippen molar-refractivity contribution in [2.75, 3.05) is 20.4 Å². The number of amidine groups is 1. The second-order valence-electron chi connectivity index (χ2n) is 2.70. The first kappa shape index (κ1) is 10.1. The molecule has 1 aromatic rings. The summed E-state index contributed by atoms with van der Waals surface area (Å²) < 4.78 is 0. The third kappa shape index (κ3) is 3.06. The zero-order chi connectivity index (χ0) is 9.68. The molecule has 0 bridgehead atoms. The summed E-state index contributed by atoms with van der Waals surface area (Å²) in [5.41, 5.74) is 0.889. The average Bonchev–Trinajstić information content (AvgIpc) is 2.15. The SMILES string of the molecule is CSC(=Nc1cccnc1)N(C)C. The molecule has 0 radical (unpaired) electrons. The molecule has 0 amide bonds. The van der Waals surface area contributed by atoms with Crippen LogP contribution in [0.1, 0.15) is 0 Å². The van der Waals surface area contributed by atoms with E-state index in [0.717, 1.165) is 10.9 Å². The maximum absolute atomic E-state index is 4.42. The van der Waals surface area contributed by atoms with Gasteiger partial charge in [-0.25, -0.2) is 4.99 Å². The van der Waals surface area contributed by atoms with Crippen molar-refractivity contribution in [3.63, 3.8) is 0 Å². The van der Waals surface area contributed by atoms with Gasteiger partial charge in [-0.15, -0.1) is 0 Å². The predicted octanol–water partition coefficient (Wildman–Crippen LogP) is 1.99. The van der Waals surface area contributed by atoms with Crippen molar-refractivity contribution in [2.24, 2.45) is 4.99 Å². The third-order valence-corrected chi connectivity index (χ3v) is 2.26. The molecule has 70 valence electrons. The molecule has 0 aliphatic heterocycles. The van der Waals surface area contributed by atoms with Gasteiger partial charge in [0.05, 0.1) is 11.9 Å². The molecule has 0 spiro atoms. The number of nitrogens with zero attached hydrogens (tertiary/aromatic N) is 3. The molecule has 3 nitrogen and oxygen atoms in total. The fraction of sp³-hybridized carbons (Fsp3) is 0.333. The lowest BCUT2D eigenvalue weighted by Gasteiger charge is -2.12. The van der Waals surface area contributed by atoms with Gasteiger partial charge in [-0.1, -0.05) is 11.8 Å². The van der Waals surface area contributed by atoms with Crippen molar-refractivity contribution in [1.29, 1.82) is 0 Å². The first-order valence-corrected chi connectivity index (χ1v) is 5.16. The molecule has 0 fully saturated rings.